The molecule has 28 heavy (non-hydrogen) atoms. The molecule has 150 valence electrons. The van der Waals surface area contributed by atoms with E-state index in [4.69, 9.17) is 10.5 Å². The molecule has 2 amide bonds. The molecule has 1 saturated heterocycles. The molecular weight excluding hydrogens is 402 g/mol. The third-order valence-corrected chi connectivity index (χ3v) is 5.39. The number of halogens is 1. The van der Waals surface area contributed by atoms with Crippen molar-refractivity contribution in [3.8, 4) is 0 Å². The van der Waals surface area contributed by atoms with Crippen LogP contribution in [0.2, 0.25) is 0 Å². The predicted molar refractivity (Wildman–Crippen MR) is 110 cm³/mol. The van der Waals surface area contributed by atoms with Crippen molar-refractivity contribution in [2.75, 3.05) is 18.6 Å². The molecule has 0 bridgehead atoms. The SMILES string of the molecule is COC(=O)c1ccsc1N1CCC(NC(=O)[C@@H](N)Cc2ccccc2)C1=O.Cl. The van der Waals surface area contributed by atoms with Gasteiger partial charge in [-0.1, -0.05) is 30.3 Å². The lowest BCUT2D eigenvalue weighted by atomic mass is 10.1. The lowest BCUT2D eigenvalue weighted by Gasteiger charge is -2.18. The number of benzene rings is 1. The standard InChI is InChI=1S/C19H21N3O4S.ClH/c1-26-19(25)13-8-10-27-18(13)22-9-7-15(17(22)24)21-16(23)14(20)11-12-5-3-2-4-6-12;/h2-6,8,10,14-15H,7,9,11,20H2,1H3,(H,21,23);1H/t14-,15?;/m0./s1. The van der Waals surface area contributed by atoms with E-state index in [2.05, 4.69) is 5.32 Å². The molecule has 2 heterocycles. The van der Waals surface area contributed by atoms with E-state index >= 15 is 0 Å². The van der Waals surface area contributed by atoms with Gasteiger partial charge in [0, 0.05) is 6.54 Å². The van der Waals surface area contributed by atoms with Crippen molar-refractivity contribution >= 4 is 46.5 Å². The van der Waals surface area contributed by atoms with Crippen LogP contribution in [0.3, 0.4) is 0 Å². The van der Waals surface area contributed by atoms with Crippen molar-refractivity contribution in [3.63, 3.8) is 0 Å². The van der Waals surface area contributed by atoms with Gasteiger partial charge in [0.2, 0.25) is 11.8 Å². The number of methoxy groups -OCH3 is 1. The topological polar surface area (TPSA) is 102 Å². The van der Waals surface area contributed by atoms with Crippen LogP contribution in [0, 0.1) is 0 Å². The minimum Gasteiger partial charge on any atom is -0.465 e. The minimum atomic E-state index is -0.735. The number of anilines is 1. The molecule has 0 aliphatic carbocycles. The second kappa shape index (κ2) is 9.68. The predicted octanol–water partition coefficient (Wildman–Crippen LogP) is 1.75. The number of carbonyl (C=O) groups is 3. The number of hydrogen-bond acceptors (Lipinski definition) is 6. The maximum atomic E-state index is 12.7. The van der Waals surface area contributed by atoms with Crippen LogP contribution in [0.15, 0.2) is 41.8 Å². The number of esters is 1. The first-order valence-electron chi connectivity index (χ1n) is 8.58. The Balaban J connectivity index is 0.00000280. The third kappa shape index (κ3) is 4.70. The number of amides is 2. The van der Waals surface area contributed by atoms with Crippen molar-refractivity contribution in [2.24, 2.45) is 5.73 Å². The van der Waals surface area contributed by atoms with E-state index in [0.29, 0.717) is 30.0 Å². The average molecular weight is 424 g/mol. The molecule has 2 aromatic rings. The van der Waals surface area contributed by atoms with Crippen LogP contribution in [-0.2, 0) is 20.7 Å². The fourth-order valence-electron chi connectivity index (χ4n) is 3.03. The van der Waals surface area contributed by atoms with Gasteiger partial charge in [-0.3, -0.25) is 9.59 Å². The minimum absolute atomic E-state index is 0. The normalized spacial score (nSPS) is 17.0. The number of nitrogens with one attached hydrogen (secondary N) is 1. The summed E-state index contributed by atoms with van der Waals surface area (Å²) >= 11 is 1.29. The number of hydrogen-bond donors (Lipinski definition) is 2. The maximum absolute atomic E-state index is 12.7. The van der Waals surface area contributed by atoms with E-state index in [-0.39, 0.29) is 24.2 Å². The van der Waals surface area contributed by atoms with Gasteiger partial charge in [0.1, 0.15) is 11.0 Å². The fourth-order valence-corrected chi connectivity index (χ4v) is 3.95. The van der Waals surface area contributed by atoms with Crippen LogP contribution < -0.4 is 16.0 Å². The van der Waals surface area contributed by atoms with Crippen molar-refractivity contribution in [1.82, 2.24) is 5.32 Å². The van der Waals surface area contributed by atoms with E-state index in [9.17, 15) is 14.4 Å². The largest absolute Gasteiger partial charge is 0.465 e. The van der Waals surface area contributed by atoms with Crippen LogP contribution in [0.1, 0.15) is 22.3 Å². The van der Waals surface area contributed by atoms with Crippen LogP contribution in [0.5, 0.6) is 0 Å². The molecule has 3 rings (SSSR count). The third-order valence-electron chi connectivity index (χ3n) is 4.45. The molecular formula is C19H22ClN3O4S. The number of nitrogens with zero attached hydrogens (tertiary/aromatic N) is 1. The highest BCUT2D eigenvalue weighted by molar-refractivity contribution is 7.14. The summed E-state index contributed by atoms with van der Waals surface area (Å²) in [5.41, 5.74) is 7.30. The van der Waals surface area contributed by atoms with Crippen LogP contribution in [-0.4, -0.2) is 43.5 Å². The monoisotopic (exact) mass is 423 g/mol. The molecule has 0 saturated carbocycles. The Hall–Kier alpha value is -2.42. The van der Waals surface area contributed by atoms with Gasteiger partial charge in [0.05, 0.1) is 18.7 Å². The summed E-state index contributed by atoms with van der Waals surface area (Å²) in [4.78, 5) is 38.5. The van der Waals surface area contributed by atoms with E-state index in [0.717, 1.165) is 5.56 Å². The van der Waals surface area contributed by atoms with E-state index in [1.165, 1.54) is 23.3 Å². The van der Waals surface area contributed by atoms with Crippen LogP contribution in [0.25, 0.3) is 0 Å². The highest BCUT2D eigenvalue weighted by Gasteiger charge is 2.36. The van der Waals surface area contributed by atoms with Gasteiger partial charge in [0.25, 0.3) is 0 Å². The molecule has 1 aromatic heterocycles. The first-order valence-corrected chi connectivity index (χ1v) is 9.46. The molecule has 9 heteroatoms. The number of nitrogens with two attached hydrogens (primary N) is 1. The zero-order chi connectivity index (χ0) is 19.4. The van der Waals surface area contributed by atoms with E-state index in [1.807, 2.05) is 30.3 Å². The van der Waals surface area contributed by atoms with Gasteiger partial charge in [0.15, 0.2) is 0 Å². The summed E-state index contributed by atoms with van der Waals surface area (Å²) in [7, 11) is 1.30. The molecule has 3 N–H and O–H groups in total. The maximum Gasteiger partial charge on any atom is 0.340 e. The summed E-state index contributed by atoms with van der Waals surface area (Å²) in [6, 6.07) is 9.72. The summed E-state index contributed by atoms with van der Waals surface area (Å²) in [5.74, 6) is -1.10. The fraction of sp³-hybridized carbons (Fsp3) is 0.316. The van der Waals surface area contributed by atoms with Gasteiger partial charge < -0.3 is 20.7 Å². The van der Waals surface area contributed by atoms with Gasteiger partial charge >= 0.3 is 5.97 Å². The first kappa shape index (κ1) is 21.9. The van der Waals surface area contributed by atoms with Crippen molar-refractivity contribution in [2.45, 2.75) is 24.9 Å². The van der Waals surface area contributed by atoms with Crippen molar-refractivity contribution < 1.29 is 19.1 Å². The van der Waals surface area contributed by atoms with E-state index < -0.39 is 18.1 Å². The molecule has 1 fully saturated rings. The molecule has 1 aliphatic rings. The molecule has 0 radical (unpaired) electrons. The van der Waals surface area contributed by atoms with Gasteiger partial charge in [-0.15, -0.1) is 23.7 Å². The summed E-state index contributed by atoms with van der Waals surface area (Å²) in [5, 5.41) is 5.01. The molecule has 0 spiro atoms. The van der Waals surface area contributed by atoms with Gasteiger partial charge in [-0.25, -0.2) is 4.79 Å². The average Bonchev–Trinajstić information content (AvgIpc) is 3.29. The highest BCUT2D eigenvalue weighted by atomic mass is 35.5. The molecule has 1 unspecified atom stereocenters. The number of ether oxygens (including phenoxy) is 1. The highest BCUT2D eigenvalue weighted by Crippen LogP contribution is 2.31. The number of rotatable bonds is 6. The number of carbonyl (C=O) groups excluding carboxylic acids is 3. The van der Waals surface area contributed by atoms with Crippen molar-refractivity contribution in [3.05, 3.63) is 52.9 Å². The molecule has 1 aromatic carbocycles. The first-order chi connectivity index (χ1) is 13.0. The van der Waals surface area contributed by atoms with Gasteiger partial charge in [-0.2, -0.15) is 0 Å². The number of thiophene rings is 1. The Labute approximate surface area is 173 Å². The van der Waals surface area contributed by atoms with Crippen LogP contribution >= 0.6 is 23.7 Å². The second-order valence-corrected chi connectivity index (χ2v) is 7.16. The summed E-state index contributed by atoms with van der Waals surface area (Å²) in [6.45, 7) is 0.419. The lowest BCUT2D eigenvalue weighted by molar-refractivity contribution is -0.127. The van der Waals surface area contributed by atoms with E-state index in [1.54, 1.807) is 11.4 Å². The Morgan fingerprint density at radius 2 is 2.04 bits per heavy atom. The Bertz CT molecular complexity index is 843. The van der Waals surface area contributed by atoms with Gasteiger partial charge in [-0.05, 0) is 29.9 Å². The zero-order valence-electron chi connectivity index (χ0n) is 15.3. The smallest absolute Gasteiger partial charge is 0.340 e. The molecule has 7 nitrogen and oxygen atoms in total. The Kier molecular flexibility index (Phi) is 7.56. The lowest BCUT2D eigenvalue weighted by Crippen LogP contribution is -2.49. The quantitative estimate of drug-likeness (QED) is 0.689. The van der Waals surface area contributed by atoms with Crippen molar-refractivity contribution in [1.29, 1.82) is 0 Å². The summed E-state index contributed by atoms with van der Waals surface area (Å²) < 4.78 is 4.75. The molecule has 1 aliphatic heterocycles. The Morgan fingerprint density at radius 3 is 2.71 bits per heavy atom. The zero-order valence-corrected chi connectivity index (χ0v) is 16.9. The molecule has 2 atom stereocenters. The second-order valence-electron chi connectivity index (χ2n) is 6.27. The Morgan fingerprint density at radius 1 is 1.32 bits per heavy atom. The van der Waals surface area contributed by atoms with Crippen LogP contribution in [0.4, 0.5) is 5.00 Å². The summed E-state index contributed by atoms with van der Waals surface area (Å²) in [6.07, 6.45) is 0.857.